The number of nitrogens with one attached hydrogen (secondary N) is 2. The van der Waals surface area contributed by atoms with E-state index in [1.165, 1.54) is 23.5 Å². The summed E-state index contributed by atoms with van der Waals surface area (Å²) >= 11 is 1.53. The van der Waals surface area contributed by atoms with Crippen LogP contribution in [0.5, 0.6) is 0 Å². The van der Waals surface area contributed by atoms with Gasteiger partial charge >= 0.3 is 0 Å². The first-order valence-electron chi connectivity index (χ1n) is 13.4. The van der Waals surface area contributed by atoms with E-state index >= 15 is 0 Å². The lowest BCUT2D eigenvalue weighted by Gasteiger charge is -2.31. The van der Waals surface area contributed by atoms with E-state index in [2.05, 4.69) is 9.97 Å². The Hall–Kier alpha value is -3.98. The van der Waals surface area contributed by atoms with Crippen molar-refractivity contribution in [1.82, 2.24) is 24.8 Å². The molecule has 0 radical (unpaired) electrons. The second-order valence-corrected chi connectivity index (χ2v) is 11.4. The minimum absolute atomic E-state index is 0.0831. The summed E-state index contributed by atoms with van der Waals surface area (Å²) in [5.74, 6) is 0.0379. The second kappa shape index (κ2) is 9.64. The molecule has 5 heterocycles. The van der Waals surface area contributed by atoms with Gasteiger partial charge in [0.15, 0.2) is 0 Å². The number of hydrogen-bond donors (Lipinski definition) is 2. The fourth-order valence-corrected chi connectivity index (χ4v) is 6.99. The van der Waals surface area contributed by atoms with Gasteiger partial charge in [-0.05, 0) is 42.7 Å². The lowest BCUT2D eigenvalue weighted by Crippen LogP contribution is -2.38. The van der Waals surface area contributed by atoms with Crippen molar-refractivity contribution in [1.29, 1.82) is 0 Å². The number of para-hydroxylation sites is 1. The highest BCUT2D eigenvalue weighted by Gasteiger charge is 2.29. The molecule has 0 spiro atoms. The Bertz CT molecular complexity index is 1710. The quantitative estimate of drug-likeness (QED) is 0.320. The second-order valence-electron chi connectivity index (χ2n) is 10.5. The third kappa shape index (κ3) is 4.40. The van der Waals surface area contributed by atoms with Gasteiger partial charge in [-0.25, -0.2) is 9.37 Å². The molecule has 0 atom stereocenters. The first-order valence-corrected chi connectivity index (χ1v) is 14.3. The lowest BCUT2D eigenvalue weighted by atomic mass is 9.97. The Balaban J connectivity index is 0.984. The zero-order chi connectivity index (χ0) is 26.5. The van der Waals surface area contributed by atoms with E-state index in [4.69, 9.17) is 4.98 Å². The zero-order valence-electron chi connectivity index (χ0n) is 21.4. The number of carbonyl (C=O) groups is 2. The summed E-state index contributed by atoms with van der Waals surface area (Å²) in [5.41, 5.74) is 5.52. The molecule has 3 aromatic heterocycles. The average molecular weight is 542 g/mol. The number of halogens is 1. The molecular weight excluding hydrogens is 513 g/mol. The topological polar surface area (TPSA) is 85.1 Å². The Labute approximate surface area is 228 Å². The monoisotopic (exact) mass is 541 g/mol. The van der Waals surface area contributed by atoms with Gasteiger partial charge in [-0.1, -0.05) is 18.2 Å². The van der Waals surface area contributed by atoms with Crippen LogP contribution in [0.1, 0.15) is 51.1 Å². The number of likely N-dealkylation sites (tertiary alicyclic amines) is 1. The Morgan fingerprint density at radius 2 is 1.87 bits per heavy atom. The normalized spacial score (nSPS) is 16.2. The smallest absolute Gasteiger partial charge is 0.273 e. The maximum absolute atomic E-state index is 13.9. The van der Waals surface area contributed by atoms with E-state index in [-0.39, 0.29) is 23.5 Å². The van der Waals surface area contributed by atoms with Crippen LogP contribution in [0.3, 0.4) is 0 Å². The highest BCUT2D eigenvalue weighted by molar-refractivity contribution is 7.09. The minimum atomic E-state index is -0.275. The van der Waals surface area contributed by atoms with Crippen LogP contribution in [0, 0.1) is 5.82 Å². The van der Waals surface area contributed by atoms with Crippen molar-refractivity contribution in [3.05, 3.63) is 87.4 Å². The molecule has 2 aromatic carbocycles. The number of aromatic nitrogens is 3. The standard InChI is InChI=1S/C30H28FN5O2S/c31-20-5-6-25-22(14-20)23-16-36(12-9-26(23)33-25)30(38)27-17-39-29(34-27)18-7-10-35(11-8-18)28(37)13-19-15-32-24-4-2-1-3-21(19)24/h1-6,14-15,17-18,32-33H,7-13,16H2. The van der Waals surface area contributed by atoms with Gasteiger partial charge in [0.1, 0.15) is 11.5 Å². The van der Waals surface area contributed by atoms with Crippen LogP contribution in [0.25, 0.3) is 21.8 Å². The van der Waals surface area contributed by atoms with Gasteiger partial charge < -0.3 is 19.8 Å². The molecule has 0 unspecified atom stereocenters. The van der Waals surface area contributed by atoms with Crippen LogP contribution >= 0.6 is 11.3 Å². The van der Waals surface area contributed by atoms with Gasteiger partial charge in [0, 0.05) is 83.2 Å². The number of carbonyl (C=O) groups excluding carboxylic acids is 2. The molecular formula is C30H28FN5O2S. The van der Waals surface area contributed by atoms with Gasteiger partial charge in [0.05, 0.1) is 11.4 Å². The van der Waals surface area contributed by atoms with Crippen LogP contribution in [0.4, 0.5) is 4.39 Å². The molecule has 198 valence electrons. The molecule has 9 heteroatoms. The SMILES string of the molecule is O=C(Cc1c[nH]c2ccccc12)N1CCC(c2nc(C(=O)N3CCc4[nH]c5ccc(F)cc5c4C3)cs2)CC1. The number of H-pyrrole nitrogens is 2. The number of thiazole rings is 1. The van der Waals surface area contributed by atoms with Gasteiger partial charge in [-0.15, -0.1) is 11.3 Å². The molecule has 2 amide bonds. The van der Waals surface area contributed by atoms with Crippen molar-refractivity contribution in [3.8, 4) is 0 Å². The molecule has 2 aliphatic rings. The summed E-state index contributed by atoms with van der Waals surface area (Å²) in [4.78, 5) is 41.5. The number of piperidine rings is 1. The lowest BCUT2D eigenvalue weighted by molar-refractivity contribution is -0.131. The van der Waals surface area contributed by atoms with Crippen LogP contribution in [0.2, 0.25) is 0 Å². The summed E-state index contributed by atoms with van der Waals surface area (Å²) in [6.07, 6.45) is 4.72. The van der Waals surface area contributed by atoms with Gasteiger partial charge in [-0.2, -0.15) is 0 Å². The molecule has 7 rings (SSSR count). The molecule has 7 nitrogen and oxygen atoms in total. The van der Waals surface area contributed by atoms with Crippen molar-refractivity contribution < 1.29 is 14.0 Å². The van der Waals surface area contributed by atoms with Crippen LogP contribution < -0.4 is 0 Å². The first kappa shape index (κ1) is 24.1. The maximum atomic E-state index is 13.9. The van der Waals surface area contributed by atoms with E-state index in [1.54, 1.807) is 6.07 Å². The largest absolute Gasteiger partial charge is 0.361 e. The highest BCUT2D eigenvalue weighted by Crippen LogP contribution is 2.33. The molecule has 2 aliphatic heterocycles. The predicted octanol–water partition coefficient (Wildman–Crippen LogP) is 5.39. The fraction of sp³-hybridized carbons (Fsp3) is 0.300. The zero-order valence-corrected chi connectivity index (χ0v) is 22.2. The van der Waals surface area contributed by atoms with Crippen molar-refractivity contribution in [2.24, 2.45) is 0 Å². The van der Waals surface area contributed by atoms with Crippen LogP contribution in [0.15, 0.2) is 54.0 Å². The van der Waals surface area contributed by atoms with Crippen molar-refractivity contribution in [2.45, 2.75) is 38.1 Å². The Morgan fingerprint density at radius 1 is 1.03 bits per heavy atom. The van der Waals surface area contributed by atoms with Gasteiger partial charge in [0.2, 0.25) is 5.91 Å². The predicted molar refractivity (Wildman–Crippen MR) is 149 cm³/mol. The fourth-order valence-electron chi connectivity index (χ4n) is 6.02. The number of aromatic amines is 2. The summed E-state index contributed by atoms with van der Waals surface area (Å²) in [7, 11) is 0. The molecule has 5 aromatic rings. The summed E-state index contributed by atoms with van der Waals surface area (Å²) in [6, 6.07) is 12.8. The van der Waals surface area contributed by atoms with Crippen molar-refractivity contribution >= 4 is 45.0 Å². The van der Waals surface area contributed by atoms with E-state index in [0.717, 1.165) is 56.5 Å². The number of amides is 2. The number of rotatable bonds is 4. The summed E-state index contributed by atoms with van der Waals surface area (Å²) < 4.78 is 13.9. The third-order valence-corrected chi connectivity index (χ3v) is 9.19. The minimum Gasteiger partial charge on any atom is -0.361 e. The third-order valence-electron chi connectivity index (χ3n) is 8.18. The molecule has 0 bridgehead atoms. The molecule has 1 saturated heterocycles. The van der Waals surface area contributed by atoms with Crippen molar-refractivity contribution in [2.75, 3.05) is 19.6 Å². The molecule has 0 aliphatic carbocycles. The average Bonchev–Trinajstić information content (AvgIpc) is 3.70. The highest BCUT2D eigenvalue weighted by atomic mass is 32.1. The Kier molecular flexibility index (Phi) is 5.96. The Morgan fingerprint density at radius 3 is 2.74 bits per heavy atom. The number of hydrogen-bond acceptors (Lipinski definition) is 4. The molecule has 0 saturated carbocycles. The van der Waals surface area contributed by atoms with E-state index in [9.17, 15) is 14.0 Å². The molecule has 39 heavy (non-hydrogen) atoms. The maximum Gasteiger partial charge on any atom is 0.273 e. The van der Waals surface area contributed by atoms with E-state index in [0.29, 0.717) is 44.7 Å². The summed E-state index contributed by atoms with van der Waals surface area (Å²) in [6.45, 7) is 2.44. The number of fused-ring (bicyclic) bond motifs is 4. The van der Waals surface area contributed by atoms with E-state index < -0.39 is 0 Å². The number of benzene rings is 2. The first-order chi connectivity index (χ1) is 19.0. The number of nitrogens with zero attached hydrogens (tertiary/aromatic N) is 3. The van der Waals surface area contributed by atoms with E-state index in [1.807, 2.05) is 45.6 Å². The summed E-state index contributed by atoms with van der Waals surface area (Å²) in [5, 5.41) is 4.76. The molecule has 1 fully saturated rings. The van der Waals surface area contributed by atoms with Gasteiger partial charge in [-0.3, -0.25) is 9.59 Å². The molecule has 2 N–H and O–H groups in total. The van der Waals surface area contributed by atoms with Gasteiger partial charge in [0.25, 0.3) is 5.91 Å². The van der Waals surface area contributed by atoms with Crippen molar-refractivity contribution in [3.63, 3.8) is 0 Å². The van der Waals surface area contributed by atoms with Crippen LogP contribution in [-0.4, -0.2) is 56.2 Å². The van der Waals surface area contributed by atoms with Crippen LogP contribution in [-0.2, 0) is 24.2 Å².